The van der Waals surface area contributed by atoms with Gasteiger partial charge < -0.3 is 15.3 Å². The van der Waals surface area contributed by atoms with E-state index >= 15 is 0 Å². The molecule has 146 valence electrons. The van der Waals surface area contributed by atoms with Gasteiger partial charge >= 0.3 is 0 Å². The van der Waals surface area contributed by atoms with Crippen molar-refractivity contribution in [1.29, 1.82) is 0 Å². The van der Waals surface area contributed by atoms with Gasteiger partial charge in [0.2, 0.25) is 0 Å². The molecule has 1 amide bonds. The highest BCUT2D eigenvalue weighted by molar-refractivity contribution is 5.95. The first-order chi connectivity index (χ1) is 13.7. The van der Waals surface area contributed by atoms with Gasteiger partial charge in [0, 0.05) is 37.0 Å². The van der Waals surface area contributed by atoms with Gasteiger partial charge in [-0.3, -0.25) is 4.79 Å². The number of aliphatic hydroxyl groups is 1. The van der Waals surface area contributed by atoms with E-state index in [0.717, 1.165) is 37.2 Å². The molecule has 1 fully saturated rings. The van der Waals surface area contributed by atoms with Crippen LogP contribution in [0.3, 0.4) is 0 Å². The van der Waals surface area contributed by atoms with Crippen molar-refractivity contribution in [3.63, 3.8) is 0 Å². The topological polar surface area (TPSA) is 78.4 Å². The summed E-state index contributed by atoms with van der Waals surface area (Å²) in [4.78, 5) is 23.6. The number of amides is 1. The maximum atomic E-state index is 12.6. The van der Waals surface area contributed by atoms with E-state index in [0.29, 0.717) is 24.5 Å². The largest absolute Gasteiger partial charge is 0.391 e. The number of carbonyl (C=O) groups excluding carboxylic acids is 1. The number of aromatic nitrogens is 2. The van der Waals surface area contributed by atoms with Gasteiger partial charge in [-0.25, -0.2) is 9.97 Å². The predicted molar refractivity (Wildman–Crippen MR) is 109 cm³/mol. The maximum absolute atomic E-state index is 12.6. The molecule has 1 aromatic carbocycles. The molecule has 2 heterocycles. The van der Waals surface area contributed by atoms with Crippen LogP contribution in [0.2, 0.25) is 0 Å². The lowest BCUT2D eigenvalue weighted by molar-refractivity contribution is 0.0956. The molecule has 2 N–H and O–H groups in total. The second kappa shape index (κ2) is 8.52. The Morgan fingerprint density at radius 1 is 1.29 bits per heavy atom. The van der Waals surface area contributed by atoms with E-state index < -0.39 is 0 Å². The van der Waals surface area contributed by atoms with Crippen LogP contribution in [0.5, 0.6) is 0 Å². The number of nitrogens with zero attached hydrogens (tertiary/aromatic N) is 3. The normalized spacial score (nSPS) is 19.4. The lowest BCUT2D eigenvalue weighted by Gasteiger charge is -2.17. The Hall–Kier alpha value is -2.73. The van der Waals surface area contributed by atoms with Crippen LogP contribution < -0.4 is 10.2 Å². The van der Waals surface area contributed by atoms with Crippen LogP contribution in [-0.4, -0.2) is 46.7 Å². The van der Waals surface area contributed by atoms with E-state index in [1.807, 2.05) is 30.3 Å². The van der Waals surface area contributed by atoms with E-state index in [1.165, 1.54) is 18.4 Å². The molecule has 0 unspecified atom stereocenters. The SMILES string of the molecule is O=C(NCC1=CCCCC1)c1cccc(-c2nccc(N3CC[C@H](O)C3)n2)c1. The third kappa shape index (κ3) is 4.39. The van der Waals surface area contributed by atoms with Crippen molar-refractivity contribution < 1.29 is 9.90 Å². The first-order valence-electron chi connectivity index (χ1n) is 10.0. The summed E-state index contributed by atoms with van der Waals surface area (Å²) in [5.41, 5.74) is 2.74. The molecule has 1 aliphatic heterocycles. The van der Waals surface area contributed by atoms with Gasteiger partial charge in [0.05, 0.1) is 6.10 Å². The minimum Gasteiger partial charge on any atom is -0.391 e. The highest BCUT2D eigenvalue weighted by Gasteiger charge is 2.21. The van der Waals surface area contributed by atoms with Crippen LogP contribution in [0.15, 0.2) is 48.2 Å². The number of nitrogens with one attached hydrogen (secondary N) is 1. The van der Waals surface area contributed by atoms with Gasteiger partial charge in [0.15, 0.2) is 5.82 Å². The molecule has 2 aromatic rings. The third-order valence-corrected chi connectivity index (χ3v) is 5.37. The van der Waals surface area contributed by atoms with Crippen molar-refractivity contribution in [3.05, 3.63) is 53.7 Å². The zero-order valence-electron chi connectivity index (χ0n) is 16.0. The molecule has 28 heavy (non-hydrogen) atoms. The van der Waals surface area contributed by atoms with Crippen LogP contribution in [0.25, 0.3) is 11.4 Å². The number of hydrogen-bond donors (Lipinski definition) is 2. The molecule has 1 atom stereocenters. The smallest absolute Gasteiger partial charge is 0.251 e. The summed E-state index contributed by atoms with van der Waals surface area (Å²) in [7, 11) is 0. The Morgan fingerprint density at radius 3 is 3.00 bits per heavy atom. The Kier molecular flexibility index (Phi) is 5.67. The minimum atomic E-state index is -0.301. The maximum Gasteiger partial charge on any atom is 0.251 e. The van der Waals surface area contributed by atoms with Crippen LogP contribution >= 0.6 is 0 Å². The number of carbonyl (C=O) groups is 1. The molecule has 0 radical (unpaired) electrons. The molecule has 0 spiro atoms. The van der Waals surface area contributed by atoms with E-state index in [1.54, 1.807) is 6.20 Å². The molecular weight excluding hydrogens is 352 g/mol. The Morgan fingerprint density at radius 2 is 2.21 bits per heavy atom. The average Bonchev–Trinajstić information content (AvgIpc) is 3.19. The fourth-order valence-corrected chi connectivity index (χ4v) is 3.77. The van der Waals surface area contributed by atoms with Crippen molar-refractivity contribution >= 4 is 11.7 Å². The highest BCUT2D eigenvalue weighted by atomic mass is 16.3. The monoisotopic (exact) mass is 378 g/mol. The van der Waals surface area contributed by atoms with Crippen molar-refractivity contribution in [3.8, 4) is 11.4 Å². The van der Waals surface area contributed by atoms with Gasteiger partial charge in [-0.2, -0.15) is 0 Å². The molecule has 6 heteroatoms. The molecule has 0 bridgehead atoms. The first-order valence-corrected chi connectivity index (χ1v) is 10.0. The summed E-state index contributed by atoms with van der Waals surface area (Å²) >= 11 is 0. The summed E-state index contributed by atoms with van der Waals surface area (Å²) in [5.74, 6) is 1.32. The first kappa shape index (κ1) is 18.6. The van der Waals surface area contributed by atoms with Crippen molar-refractivity contribution in [2.45, 2.75) is 38.2 Å². The third-order valence-electron chi connectivity index (χ3n) is 5.37. The quantitative estimate of drug-likeness (QED) is 0.782. The molecule has 4 rings (SSSR count). The zero-order chi connectivity index (χ0) is 19.3. The summed E-state index contributed by atoms with van der Waals surface area (Å²) in [6.45, 7) is 2.00. The standard InChI is InChI=1S/C22H26N4O2/c27-19-10-12-26(15-19)20-9-11-23-21(25-20)17-7-4-8-18(13-17)22(28)24-14-16-5-2-1-3-6-16/h4-5,7-9,11,13,19,27H,1-3,6,10,12,14-15H2,(H,24,28)/t19-/m0/s1. The van der Waals surface area contributed by atoms with Gasteiger partial charge in [0.25, 0.3) is 5.91 Å². The summed E-state index contributed by atoms with van der Waals surface area (Å²) in [5, 5.41) is 12.8. The van der Waals surface area contributed by atoms with Gasteiger partial charge in [-0.05, 0) is 50.3 Å². The Balaban J connectivity index is 1.47. The molecular formula is C22H26N4O2. The number of anilines is 1. The Labute approximate surface area is 165 Å². The summed E-state index contributed by atoms with van der Waals surface area (Å²) in [6.07, 6.45) is 9.07. The fraction of sp³-hybridized carbons (Fsp3) is 0.409. The minimum absolute atomic E-state index is 0.0767. The number of β-amino-alcohol motifs (C(OH)–C–C–N with tert-alkyl or cyclic N) is 1. The number of aliphatic hydroxyl groups excluding tert-OH is 1. The molecule has 1 aromatic heterocycles. The van der Waals surface area contributed by atoms with Crippen LogP contribution in [-0.2, 0) is 0 Å². The highest BCUT2D eigenvalue weighted by Crippen LogP contribution is 2.22. The van der Waals surface area contributed by atoms with E-state index in [4.69, 9.17) is 0 Å². The molecule has 0 saturated carbocycles. The van der Waals surface area contributed by atoms with Crippen LogP contribution in [0.1, 0.15) is 42.5 Å². The lowest BCUT2D eigenvalue weighted by Crippen LogP contribution is -2.26. The molecule has 2 aliphatic rings. The van der Waals surface area contributed by atoms with Crippen molar-refractivity contribution in [1.82, 2.24) is 15.3 Å². The fourth-order valence-electron chi connectivity index (χ4n) is 3.77. The molecule has 1 aliphatic carbocycles. The van der Waals surface area contributed by atoms with Crippen LogP contribution in [0.4, 0.5) is 5.82 Å². The zero-order valence-corrected chi connectivity index (χ0v) is 16.0. The number of allylic oxidation sites excluding steroid dienone is 1. The molecule has 6 nitrogen and oxygen atoms in total. The number of benzene rings is 1. The second-order valence-corrected chi connectivity index (χ2v) is 7.50. The van der Waals surface area contributed by atoms with E-state index in [9.17, 15) is 9.90 Å². The number of hydrogen-bond acceptors (Lipinski definition) is 5. The lowest BCUT2D eigenvalue weighted by atomic mass is 9.99. The number of rotatable bonds is 5. The van der Waals surface area contributed by atoms with Crippen molar-refractivity contribution in [2.75, 3.05) is 24.5 Å². The van der Waals surface area contributed by atoms with Gasteiger partial charge in [-0.15, -0.1) is 0 Å². The van der Waals surface area contributed by atoms with Gasteiger partial charge in [-0.1, -0.05) is 23.8 Å². The van der Waals surface area contributed by atoms with E-state index in [2.05, 4.69) is 26.3 Å². The van der Waals surface area contributed by atoms with Crippen LogP contribution in [0, 0.1) is 0 Å². The Bertz CT molecular complexity index is 880. The van der Waals surface area contributed by atoms with Gasteiger partial charge in [0.1, 0.15) is 5.82 Å². The second-order valence-electron chi connectivity index (χ2n) is 7.50. The predicted octanol–water partition coefficient (Wildman–Crippen LogP) is 2.94. The average molecular weight is 378 g/mol. The summed E-state index contributed by atoms with van der Waals surface area (Å²) < 4.78 is 0. The van der Waals surface area contributed by atoms with Crippen molar-refractivity contribution in [2.24, 2.45) is 0 Å². The summed E-state index contributed by atoms with van der Waals surface area (Å²) in [6, 6.07) is 9.28. The van der Waals surface area contributed by atoms with E-state index in [-0.39, 0.29) is 12.0 Å². The molecule has 1 saturated heterocycles.